The Labute approximate surface area is 225 Å². The van der Waals surface area contributed by atoms with Gasteiger partial charge in [-0.2, -0.15) is 0 Å². The number of halogens is 3. The van der Waals surface area contributed by atoms with Gasteiger partial charge in [-0.15, -0.1) is 0 Å². The summed E-state index contributed by atoms with van der Waals surface area (Å²) in [6.07, 6.45) is 1.80. The molecule has 9 heteroatoms. The van der Waals surface area contributed by atoms with Gasteiger partial charge in [-0.3, -0.25) is 9.78 Å². The first-order valence-electron chi connectivity index (χ1n) is 12.2. The number of ether oxygens (including phenoxy) is 1. The third-order valence-corrected chi connectivity index (χ3v) is 7.36. The largest absolute Gasteiger partial charge is 1.00 e. The predicted octanol–water partition coefficient (Wildman–Crippen LogP) is 1.67. The van der Waals surface area contributed by atoms with Crippen LogP contribution in [-0.2, 0) is 4.74 Å². The van der Waals surface area contributed by atoms with Crippen LogP contribution in [0.2, 0.25) is 0 Å². The zero-order chi connectivity index (χ0) is 25.1. The average molecular weight is 572 g/mol. The van der Waals surface area contributed by atoms with E-state index in [1.165, 1.54) is 36.4 Å². The molecule has 2 aromatic carbocycles. The van der Waals surface area contributed by atoms with Crippen LogP contribution in [0.15, 0.2) is 72.9 Å². The van der Waals surface area contributed by atoms with Gasteiger partial charge in [0, 0.05) is 19.0 Å². The SMILES string of the molecule is O=C(N[C@H]1C[N+]2(CC(=O)c3ccccn3)CCC1CC2)OC(c1cccc(F)c1)c1cccc(F)c1.[Br-]. The third kappa shape index (κ3) is 6.22. The zero-order valence-corrected chi connectivity index (χ0v) is 21.7. The summed E-state index contributed by atoms with van der Waals surface area (Å²) in [6.45, 7) is 2.73. The number of carbonyl (C=O) groups excluding carboxylic acids is 2. The lowest BCUT2D eigenvalue weighted by atomic mass is 9.81. The van der Waals surface area contributed by atoms with Crippen molar-refractivity contribution in [1.82, 2.24) is 10.3 Å². The van der Waals surface area contributed by atoms with Crippen molar-refractivity contribution in [2.24, 2.45) is 5.92 Å². The molecule has 37 heavy (non-hydrogen) atoms. The van der Waals surface area contributed by atoms with E-state index in [2.05, 4.69) is 10.3 Å². The summed E-state index contributed by atoms with van der Waals surface area (Å²) in [5, 5.41) is 3.00. The van der Waals surface area contributed by atoms with Gasteiger partial charge in [-0.25, -0.2) is 13.6 Å². The molecule has 4 heterocycles. The van der Waals surface area contributed by atoms with E-state index >= 15 is 0 Å². The van der Waals surface area contributed by atoms with Gasteiger partial charge >= 0.3 is 6.09 Å². The number of Topliss-reactive ketones (excluding diaryl/α,β-unsaturated/α-hetero) is 1. The molecule has 3 aliphatic rings. The third-order valence-electron chi connectivity index (χ3n) is 7.36. The maximum atomic E-state index is 13.9. The van der Waals surface area contributed by atoms with Crippen LogP contribution in [0.4, 0.5) is 13.6 Å². The molecule has 0 spiro atoms. The minimum absolute atomic E-state index is 0. The number of fused-ring (bicyclic) bond motifs is 3. The molecule has 6 rings (SSSR count). The number of piperidine rings is 3. The number of aromatic nitrogens is 1. The summed E-state index contributed by atoms with van der Waals surface area (Å²) in [7, 11) is 0. The smallest absolute Gasteiger partial charge is 0.408 e. The molecule has 3 fully saturated rings. The van der Waals surface area contributed by atoms with Crippen LogP contribution in [0.5, 0.6) is 0 Å². The lowest BCUT2D eigenvalue weighted by molar-refractivity contribution is -0.936. The Bertz CT molecular complexity index is 1210. The van der Waals surface area contributed by atoms with Crippen LogP contribution in [0.25, 0.3) is 0 Å². The Morgan fingerprint density at radius 2 is 1.62 bits per heavy atom. The number of hydrogen-bond acceptors (Lipinski definition) is 4. The Hall–Kier alpha value is -3.17. The second-order valence-electron chi connectivity index (χ2n) is 9.75. The molecule has 6 nitrogen and oxygen atoms in total. The summed E-state index contributed by atoms with van der Waals surface area (Å²) in [6, 6.07) is 16.6. The lowest BCUT2D eigenvalue weighted by Crippen LogP contribution is -3.00. The van der Waals surface area contributed by atoms with Gasteiger partial charge in [0.2, 0.25) is 5.78 Å². The van der Waals surface area contributed by atoms with Crippen molar-refractivity contribution in [1.29, 1.82) is 0 Å². The minimum Gasteiger partial charge on any atom is -1.00 e. The van der Waals surface area contributed by atoms with Gasteiger partial charge in [0.1, 0.15) is 23.9 Å². The van der Waals surface area contributed by atoms with Gasteiger partial charge in [0.15, 0.2) is 6.10 Å². The van der Waals surface area contributed by atoms with Gasteiger partial charge in [-0.1, -0.05) is 30.3 Å². The number of amides is 1. The van der Waals surface area contributed by atoms with E-state index in [0.717, 1.165) is 25.9 Å². The lowest BCUT2D eigenvalue weighted by Gasteiger charge is -2.52. The molecule has 0 saturated carbocycles. The maximum Gasteiger partial charge on any atom is 0.408 e. The van der Waals surface area contributed by atoms with Gasteiger partial charge in [0.05, 0.1) is 25.7 Å². The molecule has 3 aliphatic heterocycles. The van der Waals surface area contributed by atoms with Crippen molar-refractivity contribution in [3.05, 3.63) is 101 Å². The molecule has 1 N–H and O–H groups in total. The summed E-state index contributed by atoms with van der Waals surface area (Å²) < 4.78 is 34.2. The molecule has 3 aromatic rings. The van der Waals surface area contributed by atoms with E-state index in [1.807, 2.05) is 0 Å². The average Bonchev–Trinajstić information content (AvgIpc) is 2.88. The standard InChI is InChI=1S/C28H27F2N3O3.BrH/c29-22-7-3-5-20(15-22)27(21-6-4-8-23(30)16-21)36-28(35)32-25-17-33(13-10-19(25)11-14-33)18-26(34)24-9-1-2-12-31-24;/h1-9,12,15-16,19,25,27H,10-11,13-14,17-18H2;1H/t19?,25-,33?;/m0./s1. The fourth-order valence-corrected chi connectivity index (χ4v) is 5.55. The van der Waals surface area contributed by atoms with Crippen LogP contribution >= 0.6 is 0 Å². The Kier molecular flexibility index (Phi) is 8.34. The molecule has 194 valence electrons. The minimum atomic E-state index is -0.966. The number of alkyl carbamates (subject to hydrolysis) is 1. The number of benzene rings is 2. The summed E-state index contributed by atoms with van der Waals surface area (Å²) in [4.78, 5) is 30.1. The van der Waals surface area contributed by atoms with Crippen LogP contribution in [0, 0.1) is 17.6 Å². The fourth-order valence-electron chi connectivity index (χ4n) is 5.55. The van der Waals surface area contributed by atoms with E-state index in [4.69, 9.17) is 4.74 Å². The maximum absolute atomic E-state index is 13.9. The highest BCUT2D eigenvalue weighted by Gasteiger charge is 2.47. The van der Waals surface area contributed by atoms with E-state index in [0.29, 0.717) is 40.3 Å². The fraction of sp³-hybridized carbons (Fsp3) is 0.321. The summed E-state index contributed by atoms with van der Waals surface area (Å²) in [5.41, 5.74) is 1.28. The number of pyridine rings is 1. The second-order valence-corrected chi connectivity index (χ2v) is 9.75. The van der Waals surface area contributed by atoms with Crippen LogP contribution < -0.4 is 22.3 Å². The number of quaternary nitrogens is 1. The molecular formula is C28H28BrF2N3O3. The first-order valence-corrected chi connectivity index (χ1v) is 12.2. The first-order chi connectivity index (χ1) is 17.4. The van der Waals surface area contributed by atoms with Gasteiger partial charge in [0.25, 0.3) is 0 Å². The van der Waals surface area contributed by atoms with Crippen molar-refractivity contribution in [3.8, 4) is 0 Å². The summed E-state index contributed by atoms with van der Waals surface area (Å²) in [5.74, 6) is -0.655. The molecule has 0 aliphatic carbocycles. The van der Waals surface area contributed by atoms with Crippen molar-refractivity contribution in [2.45, 2.75) is 25.0 Å². The molecule has 1 aromatic heterocycles. The van der Waals surface area contributed by atoms with E-state index in [1.54, 1.807) is 36.5 Å². The highest BCUT2D eigenvalue weighted by Crippen LogP contribution is 2.35. The molecule has 0 radical (unpaired) electrons. The van der Waals surface area contributed by atoms with E-state index in [9.17, 15) is 18.4 Å². The number of rotatable bonds is 7. The first kappa shape index (κ1) is 26.9. The zero-order valence-electron chi connectivity index (χ0n) is 20.2. The Morgan fingerprint density at radius 1 is 0.973 bits per heavy atom. The van der Waals surface area contributed by atoms with E-state index in [-0.39, 0.29) is 28.8 Å². The molecule has 1 atom stereocenters. The normalized spacial score (nSPS) is 22.2. The number of ketones is 1. The van der Waals surface area contributed by atoms with Crippen molar-refractivity contribution in [2.75, 3.05) is 26.2 Å². The number of nitrogens with one attached hydrogen (secondary N) is 1. The quantitative estimate of drug-likeness (QED) is 0.346. The van der Waals surface area contributed by atoms with Crippen LogP contribution in [-0.4, -0.2) is 53.6 Å². The Balaban J connectivity index is 0.00000320. The van der Waals surface area contributed by atoms with Gasteiger partial charge in [-0.05, 0) is 53.4 Å². The summed E-state index contributed by atoms with van der Waals surface area (Å²) >= 11 is 0. The highest BCUT2D eigenvalue weighted by molar-refractivity contribution is 5.95. The van der Waals surface area contributed by atoms with Crippen molar-refractivity contribution >= 4 is 11.9 Å². The molecular weight excluding hydrogens is 544 g/mol. The Morgan fingerprint density at radius 3 is 2.19 bits per heavy atom. The molecule has 1 amide bonds. The molecule has 0 unspecified atom stereocenters. The second kappa shape index (κ2) is 11.5. The highest BCUT2D eigenvalue weighted by atomic mass is 79.9. The molecule has 3 saturated heterocycles. The molecule has 2 bridgehead atoms. The van der Waals surface area contributed by atoms with Crippen LogP contribution in [0.1, 0.15) is 40.6 Å². The van der Waals surface area contributed by atoms with E-state index < -0.39 is 23.8 Å². The van der Waals surface area contributed by atoms with Crippen LogP contribution in [0.3, 0.4) is 0 Å². The van der Waals surface area contributed by atoms with Crippen molar-refractivity contribution < 1.29 is 44.6 Å². The predicted molar refractivity (Wildman–Crippen MR) is 129 cm³/mol. The number of nitrogens with zero attached hydrogens (tertiary/aromatic N) is 2. The number of hydrogen-bond donors (Lipinski definition) is 1. The van der Waals surface area contributed by atoms with Gasteiger partial charge < -0.3 is 31.5 Å². The van der Waals surface area contributed by atoms with Crippen molar-refractivity contribution in [3.63, 3.8) is 0 Å². The topological polar surface area (TPSA) is 68.3 Å². The number of carbonyl (C=O) groups is 2. The monoisotopic (exact) mass is 571 g/mol.